The summed E-state index contributed by atoms with van der Waals surface area (Å²) >= 11 is 0. The minimum atomic E-state index is -0.775. The summed E-state index contributed by atoms with van der Waals surface area (Å²) in [7, 11) is 1.68. The van der Waals surface area contributed by atoms with Gasteiger partial charge in [0.25, 0.3) is 0 Å². The molecule has 4 N–H and O–H groups in total. The Balaban J connectivity index is 0.000000370. The summed E-state index contributed by atoms with van der Waals surface area (Å²) in [4.78, 5) is 13.4. The van der Waals surface area contributed by atoms with E-state index >= 15 is 0 Å². The van der Waals surface area contributed by atoms with E-state index < -0.39 is 17.7 Å². The van der Waals surface area contributed by atoms with Crippen LogP contribution < -0.4 is 15.8 Å². The third kappa shape index (κ3) is 10.4. The minimum absolute atomic E-state index is 0.115. The number of hydrogen-bond acceptors (Lipinski definition) is 6. The fourth-order valence-electron chi connectivity index (χ4n) is 3.96. The molecule has 0 bridgehead atoms. The number of aliphatic hydroxyl groups is 1. The van der Waals surface area contributed by atoms with Crippen LogP contribution in [0.15, 0.2) is 36.4 Å². The molecule has 39 heavy (non-hydrogen) atoms. The molecule has 0 saturated carbocycles. The van der Waals surface area contributed by atoms with Gasteiger partial charge in [0.05, 0.1) is 24.5 Å². The number of rotatable bonds is 10. The van der Waals surface area contributed by atoms with Gasteiger partial charge in [0, 0.05) is 20.2 Å². The average molecular weight is 552 g/mol. The number of aliphatic hydroxyl groups excluding tert-OH is 1. The van der Waals surface area contributed by atoms with Crippen molar-refractivity contribution in [2.75, 3.05) is 51.9 Å². The lowest BCUT2D eigenvalue weighted by atomic mass is 9.98. The number of primary amides is 1. The van der Waals surface area contributed by atoms with Crippen LogP contribution in [0.5, 0.6) is 5.88 Å². The maximum Gasteiger partial charge on any atom is 0.317 e. The third-order valence-electron chi connectivity index (χ3n) is 5.83. The highest BCUT2D eigenvalue weighted by molar-refractivity contribution is 5.89. The van der Waals surface area contributed by atoms with Gasteiger partial charge in [0.15, 0.2) is 11.6 Å². The summed E-state index contributed by atoms with van der Waals surface area (Å²) in [5.41, 5.74) is 7.47. The van der Waals surface area contributed by atoms with Crippen LogP contribution in [-0.4, -0.2) is 72.4 Å². The minimum Gasteiger partial charge on any atom is -0.474 e. The molecule has 1 aliphatic rings. The first kappa shape index (κ1) is 33.7. The highest BCUT2D eigenvalue weighted by Crippen LogP contribution is 2.29. The number of nitrogens with one attached hydrogen (secondary N) is 1. The van der Waals surface area contributed by atoms with Crippen LogP contribution in [0.25, 0.3) is 5.70 Å². The molecule has 0 radical (unpaired) electrons. The quantitative estimate of drug-likeness (QED) is 0.361. The predicted molar refractivity (Wildman–Crippen MR) is 151 cm³/mol. The second kappa shape index (κ2) is 18.1. The van der Waals surface area contributed by atoms with E-state index in [1.54, 1.807) is 20.1 Å². The predicted octanol–water partition coefficient (Wildman–Crippen LogP) is 4.92. The summed E-state index contributed by atoms with van der Waals surface area (Å²) < 4.78 is 37.8. The number of carbonyl (C=O) groups excluding carboxylic acids is 1. The molecule has 2 amide bonds. The SMILES string of the molecule is C/C=C\C(=C/C)n1nc(OCCO)c(C)c1NC(N)=O.CC.COCCN1CCC(c2ccc(F)c(F)c2)C1. The largest absolute Gasteiger partial charge is 0.474 e. The van der Waals surface area contributed by atoms with Gasteiger partial charge in [-0.25, -0.2) is 18.3 Å². The summed E-state index contributed by atoms with van der Waals surface area (Å²) in [6, 6.07) is 3.53. The van der Waals surface area contributed by atoms with Crippen molar-refractivity contribution in [1.29, 1.82) is 0 Å². The van der Waals surface area contributed by atoms with Crippen LogP contribution >= 0.6 is 0 Å². The number of urea groups is 1. The molecule has 1 aliphatic heterocycles. The Kier molecular flexibility index (Phi) is 15.7. The van der Waals surface area contributed by atoms with Crippen molar-refractivity contribution in [1.82, 2.24) is 14.7 Å². The van der Waals surface area contributed by atoms with Crippen LogP contribution in [0.2, 0.25) is 0 Å². The molecule has 2 aromatic rings. The van der Waals surface area contributed by atoms with E-state index in [1.807, 2.05) is 45.9 Å². The first-order valence-electron chi connectivity index (χ1n) is 13.1. The van der Waals surface area contributed by atoms with E-state index in [0.717, 1.165) is 37.3 Å². The van der Waals surface area contributed by atoms with Gasteiger partial charge in [0.1, 0.15) is 12.4 Å². The molecule has 1 aromatic carbocycles. The van der Waals surface area contributed by atoms with E-state index in [-0.39, 0.29) is 13.2 Å². The van der Waals surface area contributed by atoms with Gasteiger partial charge in [-0.05, 0) is 63.4 Å². The van der Waals surface area contributed by atoms with Gasteiger partial charge < -0.3 is 25.2 Å². The second-order valence-corrected chi connectivity index (χ2v) is 8.42. The van der Waals surface area contributed by atoms with Crippen molar-refractivity contribution in [3.05, 3.63) is 59.2 Å². The fourth-order valence-corrected chi connectivity index (χ4v) is 3.96. The summed E-state index contributed by atoms with van der Waals surface area (Å²) in [5, 5.41) is 15.6. The molecule has 11 heteroatoms. The Morgan fingerprint density at radius 3 is 2.54 bits per heavy atom. The van der Waals surface area contributed by atoms with E-state index in [2.05, 4.69) is 15.3 Å². The van der Waals surface area contributed by atoms with Crippen LogP contribution in [-0.2, 0) is 4.74 Å². The van der Waals surface area contributed by atoms with Gasteiger partial charge in [-0.1, -0.05) is 32.1 Å². The highest BCUT2D eigenvalue weighted by Gasteiger charge is 2.24. The molecule has 1 saturated heterocycles. The number of halogens is 2. The molecule has 1 fully saturated rings. The number of carbonyl (C=O) groups is 1. The van der Waals surface area contributed by atoms with Crippen molar-refractivity contribution in [2.45, 2.75) is 47.0 Å². The number of allylic oxidation sites excluding steroid dienone is 4. The second-order valence-electron chi connectivity index (χ2n) is 8.42. The molecular weight excluding hydrogens is 508 g/mol. The number of nitrogens with zero attached hydrogens (tertiary/aromatic N) is 3. The maximum atomic E-state index is 13.1. The highest BCUT2D eigenvalue weighted by atomic mass is 19.2. The third-order valence-corrected chi connectivity index (χ3v) is 5.83. The number of aromatic nitrogens is 2. The molecule has 1 atom stereocenters. The smallest absolute Gasteiger partial charge is 0.317 e. The lowest BCUT2D eigenvalue weighted by Gasteiger charge is -2.15. The summed E-state index contributed by atoms with van der Waals surface area (Å²) in [6.45, 7) is 13.0. The Labute approximate surface area is 230 Å². The molecule has 3 rings (SSSR count). The van der Waals surface area contributed by atoms with Gasteiger partial charge in [0.2, 0.25) is 5.88 Å². The number of methoxy groups -OCH3 is 1. The Bertz CT molecular complexity index is 1090. The van der Waals surface area contributed by atoms with Crippen LogP contribution in [0.1, 0.15) is 51.2 Å². The maximum absolute atomic E-state index is 13.1. The first-order chi connectivity index (χ1) is 18.7. The molecule has 2 heterocycles. The molecule has 1 unspecified atom stereocenters. The van der Waals surface area contributed by atoms with Gasteiger partial charge in [-0.2, -0.15) is 0 Å². The molecule has 9 nitrogen and oxygen atoms in total. The van der Waals surface area contributed by atoms with Gasteiger partial charge in [-0.3, -0.25) is 5.32 Å². The number of anilines is 1. The zero-order valence-corrected chi connectivity index (χ0v) is 23.8. The molecule has 0 spiro atoms. The zero-order valence-electron chi connectivity index (χ0n) is 23.8. The summed E-state index contributed by atoms with van der Waals surface area (Å²) in [6.07, 6.45) is 6.53. The Morgan fingerprint density at radius 2 is 1.97 bits per heavy atom. The normalized spacial score (nSPS) is 15.4. The Hall–Kier alpha value is -3.28. The number of hydrogen-bond donors (Lipinski definition) is 3. The van der Waals surface area contributed by atoms with E-state index in [4.69, 9.17) is 20.3 Å². The lowest BCUT2D eigenvalue weighted by Crippen LogP contribution is -2.24. The molecule has 218 valence electrons. The van der Waals surface area contributed by atoms with Crippen molar-refractivity contribution >= 4 is 17.5 Å². The van der Waals surface area contributed by atoms with E-state index in [0.29, 0.717) is 29.8 Å². The van der Waals surface area contributed by atoms with Crippen LogP contribution in [0, 0.1) is 18.6 Å². The van der Waals surface area contributed by atoms with Crippen molar-refractivity contribution in [2.24, 2.45) is 5.73 Å². The van der Waals surface area contributed by atoms with E-state index in [9.17, 15) is 13.6 Å². The molecular formula is C28H43F2N5O4. The topological polar surface area (TPSA) is 115 Å². The average Bonchev–Trinajstić information content (AvgIpc) is 3.52. The number of nitrogens with two attached hydrogens (primary N) is 1. The number of benzene rings is 1. The van der Waals surface area contributed by atoms with Crippen LogP contribution in [0.4, 0.5) is 19.4 Å². The number of likely N-dealkylation sites (tertiary alicyclic amines) is 1. The van der Waals surface area contributed by atoms with Gasteiger partial charge in [-0.15, -0.1) is 5.10 Å². The van der Waals surface area contributed by atoms with Crippen molar-refractivity contribution in [3.8, 4) is 5.88 Å². The first-order valence-corrected chi connectivity index (χ1v) is 13.1. The Morgan fingerprint density at radius 1 is 1.26 bits per heavy atom. The number of ether oxygens (including phenoxy) is 2. The molecule has 0 aliphatic carbocycles. The lowest BCUT2D eigenvalue weighted by molar-refractivity contribution is 0.160. The van der Waals surface area contributed by atoms with Crippen molar-refractivity contribution in [3.63, 3.8) is 0 Å². The number of amides is 2. The molecule has 1 aromatic heterocycles. The standard InChI is InChI=1S/C13H17F2NO.C13H20N4O3.C2H6/c1-17-7-6-16-5-4-11(9-16)10-2-3-12(14)13(15)8-10;1-4-6-10(5-2)17-11(15-13(14)19)9(3)12(16-17)20-8-7-18;1-2/h2-3,8,11H,4-7,9H2,1H3;4-6,18H,7-8H2,1-3H3,(H3,14,15,19);1-2H3/b;6-4-,10-5+;. The van der Waals surface area contributed by atoms with Gasteiger partial charge >= 0.3 is 6.03 Å². The monoisotopic (exact) mass is 551 g/mol. The van der Waals surface area contributed by atoms with Crippen molar-refractivity contribution < 1.29 is 28.2 Å². The zero-order chi connectivity index (χ0) is 29.4. The van der Waals surface area contributed by atoms with E-state index in [1.165, 1.54) is 16.8 Å². The van der Waals surface area contributed by atoms with Crippen LogP contribution in [0.3, 0.4) is 0 Å². The summed E-state index contributed by atoms with van der Waals surface area (Å²) in [5.74, 6) is -0.439. The fraction of sp³-hybridized carbons (Fsp3) is 0.500.